The summed E-state index contributed by atoms with van der Waals surface area (Å²) < 4.78 is 17.3. The molecule has 1 atom stereocenters. The number of benzene rings is 1. The quantitative estimate of drug-likeness (QED) is 0.623. The van der Waals surface area contributed by atoms with Crippen LogP contribution >= 0.6 is 15.9 Å². The second kappa shape index (κ2) is 6.92. The predicted molar refractivity (Wildman–Crippen MR) is 97.2 cm³/mol. The van der Waals surface area contributed by atoms with Crippen molar-refractivity contribution in [3.8, 4) is 11.5 Å². The molecule has 2 aromatic rings. The monoisotopic (exact) mass is 406 g/mol. The number of rotatable bonds is 3. The van der Waals surface area contributed by atoms with E-state index in [2.05, 4.69) is 47.2 Å². The zero-order valence-corrected chi connectivity index (χ0v) is 15.8. The summed E-state index contributed by atoms with van der Waals surface area (Å²) in [6.45, 7) is 6.48. The van der Waals surface area contributed by atoms with Crippen molar-refractivity contribution in [1.29, 1.82) is 0 Å². The van der Waals surface area contributed by atoms with E-state index in [-0.39, 0.29) is 17.9 Å². The summed E-state index contributed by atoms with van der Waals surface area (Å²) in [6, 6.07) is 9.26. The van der Waals surface area contributed by atoms with Gasteiger partial charge in [0.25, 0.3) is 5.91 Å². The second-order valence-electron chi connectivity index (χ2n) is 6.71. The van der Waals surface area contributed by atoms with Crippen molar-refractivity contribution in [3.63, 3.8) is 0 Å². The average Bonchev–Trinajstić information content (AvgIpc) is 2.98. The van der Waals surface area contributed by atoms with Gasteiger partial charge in [-0.1, -0.05) is 26.8 Å². The third kappa shape index (κ3) is 4.22. The van der Waals surface area contributed by atoms with Gasteiger partial charge in [0, 0.05) is 0 Å². The van der Waals surface area contributed by atoms with Crippen LogP contribution in [0.5, 0.6) is 11.5 Å². The molecule has 3 rings (SSSR count). The van der Waals surface area contributed by atoms with Gasteiger partial charge in [0.2, 0.25) is 6.10 Å². The number of nitrogens with one attached hydrogen (secondary N) is 1. The van der Waals surface area contributed by atoms with Crippen LogP contribution in [0, 0.1) is 0 Å². The lowest BCUT2D eigenvalue weighted by molar-refractivity contribution is -0.130. The lowest BCUT2D eigenvalue weighted by Gasteiger charge is -2.27. The van der Waals surface area contributed by atoms with E-state index < -0.39 is 6.10 Å². The first-order valence-electron chi connectivity index (χ1n) is 7.85. The molecule has 0 aliphatic carbocycles. The molecule has 1 aromatic carbocycles. The number of hydrogen-bond donors (Lipinski definition) is 1. The van der Waals surface area contributed by atoms with Gasteiger partial charge in [-0.15, -0.1) is 0 Å². The molecule has 0 spiro atoms. The molecule has 1 aliphatic heterocycles. The van der Waals surface area contributed by atoms with Gasteiger partial charge in [0.05, 0.1) is 6.21 Å². The van der Waals surface area contributed by atoms with Crippen molar-refractivity contribution in [2.75, 3.05) is 6.61 Å². The minimum absolute atomic E-state index is 0.0187. The van der Waals surface area contributed by atoms with Crippen LogP contribution < -0.4 is 14.9 Å². The molecule has 7 heteroatoms. The third-order valence-corrected chi connectivity index (χ3v) is 4.15. The van der Waals surface area contributed by atoms with E-state index in [4.69, 9.17) is 13.9 Å². The van der Waals surface area contributed by atoms with Crippen molar-refractivity contribution < 1.29 is 18.7 Å². The molecule has 0 radical (unpaired) electrons. The van der Waals surface area contributed by atoms with E-state index in [1.807, 2.05) is 18.2 Å². The van der Waals surface area contributed by atoms with Gasteiger partial charge in [0.1, 0.15) is 12.4 Å². The Hall–Kier alpha value is -2.28. The maximum Gasteiger partial charge on any atom is 0.284 e. The molecule has 1 aromatic heterocycles. The Kier molecular flexibility index (Phi) is 4.85. The summed E-state index contributed by atoms with van der Waals surface area (Å²) in [5.41, 5.74) is 3.53. The Morgan fingerprint density at radius 1 is 1.28 bits per heavy atom. The maximum atomic E-state index is 12.2. The van der Waals surface area contributed by atoms with E-state index in [1.54, 1.807) is 12.1 Å². The van der Waals surface area contributed by atoms with E-state index >= 15 is 0 Å². The molecule has 1 N–H and O–H groups in total. The summed E-state index contributed by atoms with van der Waals surface area (Å²) >= 11 is 3.20. The number of carbonyl (C=O) groups is 1. The summed E-state index contributed by atoms with van der Waals surface area (Å²) in [5, 5.41) is 3.87. The van der Waals surface area contributed by atoms with Gasteiger partial charge in [-0.3, -0.25) is 4.79 Å². The van der Waals surface area contributed by atoms with Crippen LogP contribution in [0.1, 0.15) is 32.1 Å². The summed E-state index contributed by atoms with van der Waals surface area (Å²) in [5.74, 6) is 1.35. The Labute approximate surface area is 154 Å². The number of halogens is 1. The van der Waals surface area contributed by atoms with Crippen molar-refractivity contribution >= 4 is 28.1 Å². The molecule has 2 heterocycles. The fraction of sp³-hybridized carbons (Fsp3) is 0.333. The van der Waals surface area contributed by atoms with E-state index in [9.17, 15) is 4.79 Å². The highest BCUT2D eigenvalue weighted by molar-refractivity contribution is 9.10. The van der Waals surface area contributed by atoms with Gasteiger partial charge < -0.3 is 13.9 Å². The highest BCUT2D eigenvalue weighted by Gasteiger charge is 2.28. The topological polar surface area (TPSA) is 73.1 Å². The predicted octanol–water partition coefficient (Wildman–Crippen LogP) is 3.63. The van der Waals surface area contributed by atoms with Crippen LogP contribution in [-0.2, 0) is 10.2 Å². The van der Waals surface area contributed by atoms with Crippen LogP contribution in [0.15, 0.2) is 44.5 Å². The summed E-state index contributed by atoms with van der Waals surface area (Å²) in [4.78, 5) is 12.2. The number of carbonyl (C=O) groups excluding carboxylic acids is 1. The standard InChI is InChI=1S/C18H19BrN2O4/c1-18(2,3)11-4-6-13-14(8-11)25-15(10-23-13)17(22)21-20-9-12-5-7-16(19)24-12/h4-9,15H,10H2,1-3H3,(H,21,22)/b20-9-/t15-/m0/s1. The van der Waals surface area contributed by atoms with Gasteiger partial charge in [-0.2, -0.15) is 5.10 Å². The highest BCUT2D eigenvalue weighted by Crippen LogP contribution is 2.36. The van der Waals surface area contributed by atoms with E-state index in [0.29, 0.717) is 21.9 Å². The molecular weight excluding hydrogens is 388 g/mol. The minimum Gasteiger partial charge on any atom is -0.485 e. The van der Waals surface area contributed by atoms with Gasteiger partial charge in [0.15, 0.2) is 16.2 Å². The lowest BCUT2D eigenvalue weighted by atomic mass is 9.87. The highest BCUT2D eigenvalue weighted by atomic mass is 79.9. The minimum atomic E-state index is -0.761. The van der Waals surface area contributed by atoms with Gasteiger partial charge >= 0.3 is 0 Å². The molecule has 6 nitrogen and oxygen atoms in total. The van der Waals surface area contributed by atoms with Gasteiger partial charge in [-0.25, -0.2) is 5.43 Å². The number of hydrogen-bond acceptors (Lipinski definition) is 5. The Morgan fingerprint density at radius 2 is 2.08 bits per heavy atom. The normalized spacial score (nSPS) is 16.9. The number of fused-ring (bicyclic) bond motifs is 1. The Morgan fingerprint density at radius 3 is 2.76 bits per heavy atom. The molecule has 0 bridgehead atoms. The maximum absolute atomic E-state index is 12.2. The van der Waals surface area contributed by atoms with Crippen LogP contribution in [-0.4, -0.2) is 24.8 Å². The molecule has 1 aliphatic rings. The SMILES string of the molecule is CC(C)(C)c1ccc2c(c1)O[C@H](C(=O)N/N=C\c1ccc(Br)o1)CO2. The van der Waals surface area contributed by atoms with Crippen molar-refractivity contribution in [3.05, 3.63) is 46.3 Å². The molecule has 1 amide bonds. The molecule has 132 valence electrons. The first kappa shape index (κ1) is 17.5. The number of hydrazone groups is 1. The first-order chi connectivity index (χ1) is 11.8. The molecule has 25 heavy (non-hydrogen) atoms. The fourth-order valence-corrected chi connectivity index (χ4v) is 2.62. The third-order valence-electron chi connectivity index (χ3n) is 3.72. The van der Waals surface area contributed by atoms with Crippen LogP contribution in [0.2, 0.25) is 0 Å². The fourth-order valence-electron chi connectivity index (χ4n) is 2.30. The largest absolute Gasteiger partial charge is 0.485 e. The number of ether oxygens (including phenoxy) is 2. The molecule has 0 fully saturated rings. The van der Waals surface area contributed by atoms with Crippen LogP contribution in [0.25, 0.3) is 0 Å². The van der Waals surface area contributed by atoms with Crippen LogP contribution in [0.4, 0.5) is 0 Å². The van der Waals surface area contributed by atoms with E-state index in [0.717, 1.165) is 5.56 Å². The smallest absolute Gasteiger partial charge is 0.284 e. The Bertz CT molecular complexity index is 808. The second-order valence-corrected chi connectivity index (χ2v) is 7.49. The average molecular weight is 407 g/mol. The van der Waals surface area contributed by atoms with Crippen LogP contribution in [0.3, 0.4) is 0 Å². The number of amides is 1. The zero-order chi connectivity index (χ0) is 18.0. The first-order valence-corrected chi connectivity index (χ1v) is 8.64. The van der Waals surface area contributed by atoms with Crippen molar-refractivity contribution in [2.45, 2.75) is 32.3 Å². The molecule has 0 saturated heterocycles. The Balaban J connectivity index is 1.65. The van der Waals surface area contributed by atoms with Gasteiger partial charge in [-0.05, 0) is 51.2 Å². The molecule has 0 saturated carbocycles. The van der Waals surface area contributed by atoms with E-state index in [1.165, 1.54) is 6.21 Å². The molecule has 0 unspecified atom stereocenters. The summed E-state index contributed by atoms with van der Waals surface area (Å²) in [7, 11) is 0. The van der Waals surface area contributed by atoms with Crippen molar-refractivity contribution in [2.24, 2.45) is 5.10 Å². The van der Waals surface area contributed by atoms with Crippen molar-refractivity contribution in [1.82, 2.24) is 5.43 Å². The zero-order valence-electron chi connectivity index (χ0n) is 14.2. The molecular formula is C18H19BrN2O4. The summed E-state index contributed by atoms with van der Waals surface area (Å²) in [6.07, 6.45) is 0.654. The number of nitrogens with zero attached hydrogens (tertiary/aromatic N) is 1. The number of furan rings is 1. The lowest BCUT2D eigenvalue weighted by Crippen LogP contribution is -2.42.